The summed E-state index contributed by atoms with van der Waals surface area (Å²) in [7, 11) is 2.98. The summed E-state index contributed by atoms with van der Waals surface area (Å²) in [5.74, 6) is 0.00250. The van der Waals surface area contributed by atoms with Crippen LogP contribution in [0.5, 0.6) is 11.5 Å². The lowest BCUT2D eigenvalue weighted by molar-refractivity contribution is 0.0696. The first-order chi connectivity index (χ1) is 6.60. The Morgan fingerprint density at radius 2 is 1.71 bits per heavy atom. The number of rotatable bonds is 3. The molecular weight excluding hydrogens is 299 g/mol. The van der Waals surface area contributed by atoms with Crippen molar-refractivity contribution in [1.29, 1.82) is 0 Å². The third-order valence-electron chi connectivity index (χ3n) is 1.69. The molecule has 14 heavy (non-hydrogen) atoms. The fourth-order valence-electron chi connectivity index (χ4n) is 0.993. The number of carbonyl (C=O) groups is 1. The van der Waals surface area contributed by atoms with Crippen LogP contribution in [0.3, 0.4) is 0 Å². The monoisotopic (exact) mass is 308 g/mol. The normalized spacial score (nSPS) is 9.64. The van der Waals surface area contributed by atoms with Crippen LogP contribution in [0.4, 0.5) is 0 Å². The Morgan fingerprint density at radius 3 is 2.00 bits per heavy atom. The van der Waals surface area contributed by atoms with Crippen molar-refractivity contribution in [2.75, 3.05) is 14.2 Å². The van der Waals surface area contributed by atoms with E-state index in [0.717, 1.165) is 3.57 Å². The second kappa shape index (κ2) is 4.50. The number of halogens is 1. The molecule has 1 aromatic rings. The van der Waals surface area contributed by atoms with E-state index in [1.807, 2.05) is 22.6 Å². The molecule has 0 aromatic heterocycles. The van der Waals surface area contributed by atoms with E-state index >= 15 is 0 Å². The average Bonchev–Trinajstić information content (AvgIpc) is 2.17. The first-order valence-electron chi connectivity index (χ1n) is 3.75. The smallest absolute Gasteiger partial charge is 0.335 e. The second-order valence-corrected chi connectivity index (χ2v) is 3.58. The molecule has 1 N–H and O–H groups in total. The topological polar surface area (TPSA) is 55.8 Å². The highest BCUT2D eigenvalue weighted by molar-refractivity contribution is 14.1. The van der Waals surface area contributed by atoms with E-state index in [1.165, 1.54) is 26.4 Å². The van der Waals surface area contributed by atoms with Gasteiger partial charge in [-0.25, -0.2) is 4.79 Å². The molecule has 0 unspecified atom stereocenters. The van der Waals surface area contributed by atoms with Crippen molar-refractivity contribution in [3.05, 3.63) is 21.3 Å². The number of benzene rings is 1. The predicted octanol–water partition coefficient (Wildman–Crippen LogP) is 2.01. The Bertz CT molecular complexity index is 337. The van der Waals surface area contributed by atoms with E-state index < -0.39 is 5.97 Å². The molecule has 76 valence electrons. The molecule has 0 atom stereocenters. The van der Waals surface area contributed by atoms with Gasteiger partial charge in [-0.1, -0.05) is 0 Å². The van der Waals surface area contributed by atoms with Crippen molar-refractivity contribution >= 4 is 28.6 Å². The Balaban J connectivity index is 3.32. The van der Waals surface area contributed by atoms with Crippen molar-refractivity contribution in [1.82, 2.24) is 0 Å². The van der Waals surface area contributed by atoms with Gasteiger partial charge in [0, 0.05) is 0 Å². The fourth-order valence-corrected chi connectivity index (χ4v) is 1.74. The van der Waals surface area contributed by atoms with Crippen LogP contribution >= 0.6 is 22.6 Å². The number of hydrogen-bond donors (Lipinski definition) is 1. The average molecular weight is 308 g/mol. The number of aromatic carboxylic acids is 1. The lowest BCUT2D eigenvalue weighted by Gasteiger charge is -2.09. The van der Waals surface area contributed by atoms with Crippen LogP contribution in [0.2, 0.25) is 0 Å². The van der Waals surface area contributed by atoms with Gasteiger partial charge in [0.25, 0.3) is 0 Å². The van der Waals surface area contributed by atoms with Crippen LogP contribution in [-0.2, 0) is 0 Å². The molecule has 4 nitrogen and oxygen atoms in total. The summed E-state index contributed by atoms with van der Waals surface area (Å²) in [6.07, 6.45) is 0. The van der Waals surface area contributed by atoms with Gasteiger partial charge < -0.3 is 14.6 Å². The quantitative estimate of drug-likeness (QED) is 0.868. The maximum Gasteiger partial charge on any atom is 0.335 e. The molecule has 0 fully saturated rings. The number of carboxylic acid groups (broad SMARTS) is 1. The molecule has 0 spiro atoms. The van der Waals surface area contributed by atoms with Crippen molar-refractivity contribution in [2.45, 2.75) is 0 Å². The van der Waals surface area contributed by atoms with Crippen molar-refractivity contribution in [3.63, 3.8) is 0 Å². The first kappa shape index (κ1) is 11.1. The molecule has 0 bridgehead atoms. The summed E-state index contributed by atoms with van der Waals surface area (Å²) < 4.78 is 10.8. The molecule has 0 aliphatic rings. The fraction of sp³-hybridized carbons (Fsp3) is 0.222. The lowest BCUT2D eigenvalue weighted by atomic mass is 10.2. The largest absolute Gasteiger partial charge is 0.495 e. The van der Waals surface area contributed by atoms with Gasteiger partial charge in [-0.15, -0.1) is 0 Å². The van der Waals surface area contributed by atoms with Crippen LogP contribution in [0.25, 0.3) is 0 Å². The molecule has 0 saturated heterocycles. The summed E-state index contributed by atoms with van der Waals surface area (Å²) >= 11 is 2.04. The first-order valence-corrected chi connectivity index (χ1v) is 4.82. The third kappa shape index (κ3) is 2.09. The summed E-state index contributed by atoms with van der Waals surface area (Å²) in [6, 6.07) is 2.93. The molecular formula is C9H9IO4. The standard InChI is InChI=1S/C9H9IO4/c1-13-6-3-5(9(11)12)4-7(14-2)8(6)10/h3-4H,1-2H3,(H,11,12). The molecule has 5 heteroatoms. The molecule has 0 heterocycles. The van der Waals surface area contributed by atoms with Gasteiger partial charge in [0.1, 0.15) is 11.5 Å². The highest BCUT2D eigenvalue weighted by atomic mass is 127. The van der Waals surface area contributed by atoms with Crippen LogP contribution in [0, 0.1) is 3.57 Å². The maximum absolute atomic E-state index is 10.7. The van der Waals surface area contributed by atoms with Gasteiger partial charge in [0.15, 0.2) is 0 Å². The van der Waals surface area contributed by atoms with Gasteiger partial charge in [-0.3, -0.25) is 0 Å². The van der Waals surface area contributed by atoms with Crippen LogP contribution in [0.15, 0.2) is 12.1 Å². The summed E-state index contributed by atoms with van der Waals surface area (Å²) in [5.41, 5.74) is 0.152. The molecule has 0 amide bonds. The predicted molar refractivity (Wildman–Crippen MR) is 59.2 cm³/mol. The second-order valence-electron chi connectivity index (χ2n) is 2.50. The Kier molecular flexibility index (Phi) is 3.56. The van der Waals surface area contributed by atoms with E-state index in [9.17, 15) is 4.79 Å². The number of methoxy groups -OCH3 is 2. The van der Waals surface area contributed by atoms with E-state index in [2.05, 4.69) is 0 Å². The minimum absolute atomic E-state index is 0.152. The van der Waals surface area contributed by atoms with Crippen LogP contribution in [-0.4, -0.2) is 25.3 Å². The van der Waals surface area contributed by atoms with Gasteiger partial charge in [0.2, 0.25) is 0 Å². The van der Waals surface area contributed by atoms with E-state index in [0.29, 0.717) is 11.5 Å². The van der Waals surface area contributed by atoms with Crippen LogP contribution in [0.1, 0.15) is 10.4 Å². The third-order valence-corrected chi connectivity index (χ3v) is 2.76. The van der Waals surface area contributed by atoms with E-state index in [4.69, 9.17) is 14.6 Å². The van der Waals surface area contributed by atoms with Crippen molar-refractivity contribution in [3.8, 4) is 11.5 Å². The number of hydrogen-bond acceptors (Lipinski definition) is 3. The van der Waals surface area contributed by atoms with Crippen molar-refractivity contribution < 1.29 is 19.4 Å². The number of ether oxygens (including phenoxy) is 2. The number of carboxylic acids is 1. The van der Waals surface area contributed by atoms with E-state index in [1.54, 1.807) is 0 Å². The van der Waals surface area contributed by atoms with Gasteiger partial charge >= 0.3 is 5.97 Å². The van der Waals surface area contributed by atoms with Gasteiger partial charge in [-0.05, 0) is 34.7 Å². The Labute approximate surface area is 95.0 Å². The van der Waals surface area contributed by atoms with Crippen molar-refractivity contribution in [2.24, 2.45) is 0 Å². The lowest BCUT2D eigenvalue weighted by Crippen LogP contribution is -2.00. The Morgan fingerprint density at radius 1 is 1.29 bits per heavy atom. The maximum atomic E-state index is 10.7. The minimum atomic E-state index is -1.00. The molecule has 1 rings (SSSR count). The minimum Gasteiger partial charge on any atom is -0.495 e. The molecule has 1 aromatic carbocycles. The van der Waals surface area contributed by atoms with Gasteiger partial charge in [-0.2, -0.15) is 0 Å². The van der Waals surface area contributed by atoms with Crippen LogP contribution < -0.4 is 9.47 Å². The summed E-state index contributed by atoms with van der Waals surface area (Å²) in [6.45, 7) is 0. The zero-order chi connectivity index (χ0) is 10.7. The van der Waals surface area contributed by atoms with E-state index in [-0.39, 0.29) is 5.56 Å². The molecule has 0 radical (unpaired) electrons. The summed E-state index contributed by atoms with van der Waals surface area (Å²) in [5, 5.41) is 8.80. The van der Waals surface area contributed by atoms with Gasteiger partial charge in [0.05, 0.1) is 23.4 Å². The molecule has 0 aliphatic heterocycles. The highest BCUT2D eigenvalue weighted by Crippen LogP contribution is 2.31. The zero-order valence-corrected chi connectivity index (χ0v) is 9.86. The highest BCUT2D eigenvalue weighted by Gasteiger charge is 2.13. The zero-order valence-electron chi connectivity index (χ0n) is 7.70. The molecule has 0 saturated carbocycles. The summed E-state index contributed by atoms with van der Waals surface area (Å²) in [4.78, 5) is 10.7. The SMILES string of the molecule is COc1cc(C(=O)O)cc(OC)c1I. The Hall–Kier alpha value is -0.980. The molecule has 0 aliphatic carbocycles.